The highest BCUT2D eigenvalue weighted by Crippen LogP contribution is 2.23. The van der Waals surface area contributed by atoms with Crippen LogP contribution in [-0.2, 0) is 34.3 Å². The Morgan fingerprint density at radius 1 is 1.21 bits per heavy atom. The molecule has 1 unspecified atom stereocenters. The molecule has 10 nitrogen and oxygen atoms in total. The number of carbonyl (C=O) groups excluding carboxylic acids is 3. The number of aryl methyl sites for hydroxylation is 1. The Morgan fingerprint density at radius 2 is 1.93 bits per heavy atom. The molecule has 1 atom stereocenters. The topological polar surface area (TPSA) is 106 Å². The molecule has 1 aromatic rings. The zero-order valence-corrected chi connectivity index (χ0v) is 16.6. The van der Waals surface area contributed by atoms with E-state index in [1.165, 1.54) is 0 Å². The molecule has 1 saturated heterocycles. The lowest BCUT2D eigenvalue weighted by molar-refractivity contribution is -0.144. The van der Waals surface area contributed by atoms with Crippen LogP contribution in [0.2, 0.25) is 0 Å². The van der Waals surface area contributed by atoms with Crippen LogP contribution in [0.5, 0.6) is 0 Å². The van der Waals surface area contributed by atoms with Crippen LogP contribution in [0.15, 0.2) is 0 Å². The first-order valence-corrected chi connectivity index (χ1v) is 9.56. The summed E-state index contributed by atoms with van der Waals surface area (Å²) in [6.45, 7) is 6.42. The van der Waals surface area contributed by atoms with Crippen molar-refractivity contribution in [2.75, 3.05) is 39.5 Å². The van der Waals surface area contributed by atoms with Gasteiger partial charge in [-0.25, -0.2) is 9.59 Å². The molecule has 0 saturated carbocycles. The van der Waals surface area contributed by atoms with Gasteiger partial charge < -0.3 is 24.6 Å². The summed E-state index contributed by atoms with van der Waals surface area (Å²) in [5.74, 6) is -0.611. The van der Waals surface area contributed by atoms with Crippen LogP contribution in [0.1, 0.15) is 35.6 Å². The van der Waals surface area contributed by atoms with Crippen LogP contribution in [0.25, 0.3) is 0 Å². The van der Waals surface area contributed by atoms with Crippen LogP contribution >= 0.6 is 0 Å². The molecule has 10 heteroatoms. The molecular weight excluding hydrogens is 366 g/mol. The van der Waals surface area contributed by atoms with Crippen molar-refractivity contribution in [1.82, 2.24) is 24.9 Å². The van der Waals surface area contributed by atoms with Gasteiger partial charge in [-0.3, -0.25) is 9.48 Å². The minimum atomic E-state index is -0.739. The number of aromatic nitrogens is 2. The highest BCUT2D eigenvalue weighted by Gasteiger charge is 2.32. The largest absolute Gasteiger partial charge is 0.464 e. The molecule has 0 aromatic carbocycles. The number of fused-ring (bicyclic) bond motifs is 1. The van der Waals surface area contributed by atoms with Gasteiger partial charge in [0.05, 0.1) is 26.4 Å². The number of nitrogens with one attached hydrogen (secondary N) is 1. The molecule has 154 valence electrons. The van der Waals surface area contributed by atoms with Crippen molar-refractivity contribution in [2.45, 2.75) is 32.9 Å². The fourth-order valence-electron chi connectivity index (χ4n) is 3.46. The van der Waals surface area contributed by atoms with Crippen molar-refractivity contribution < 1.29 is 23.9 Å². The van der Waals surface area contributed by atoms with Crippen LogP contribution in [0.4, 0.5) is 4.79 Å². The summed E-state index contributed by atoms with van der Waals surface area (Å²) in [7, 11) is 1.81. The predicted octanol–water partition coefficient (Wildman–Crippen LogP) is -0.0882. The van der Waals surface area contributed by atoms with E-state index in [0.29, 0.717) is 45.0 Å². The van der Waals surface area contributed by atoms with E-state index in [2.05, 4.69) is 10.4 Å². The predicted molar refractivity (Wildman–Crippen MR) is 98.7 cm³/mol. The minimum Gasteiger partial charge on any atom is -0.464 e. The fraction of sp³-hybridized carbons (Fsp3) is 0.667. The lowest BCUT2D eigenvalue weighted by Gasteiger charge is -2.30. The maximum absolute atomic E-state index is 12.9. The number of esters is 1. The normalized spacial score (nSPS) is 17.7. The van der Waals surface area contributed by atoms with Crippen LogP contribution in [0.3, 0.4) is 0 Å². The van der Waals surface area contributed by atoms with Gasteiger partial charge >= 0.3 is 12.0 Å². The van der Waals surface area contributed by atoms with E-state index < -0.39 is 12.0 Å². The molecule has 0 radical (unpaired) electrons. The highest BCUT2D eigenvalue weighted by molar-refractivity contribution is 5.94. The van der Waals surface area contributed by atoms with E-state index in [-0.39, 0.29) is 25.1 Å². The van der Waals surface area contributed by atoms with Crippen molar-refractivity contribution in [2.24, 2.45) is 7.05 Å². The molecule has 1 fully saturated rings. The van der Waals surface area contributed by atoms with Gasteiger partial charge in [0.15, 0.2) is 5.69 Å². The molecule has 3 rings (SSSR count). The molecule has 2 aliphatic heterocycles. The van der Waals surface area contributed by atoms with E-state index in [1.807, 2.05) is 7.05 Å². The second-order valence-corrected chi connectivity index (χ2v) is 6.90. The Kier molecular flexibility index (Phi) is 6.18. The monoisotopic (exact) mass is 393 g/mol. The average molecular weight is 393 g/mol. The maximum atomic E-state index is 12.9. The van der Waals surface area contributed by atoms with Crippen molar-refractivity contribution in [3.8, 4) is 0 Å². The van der Waals surface area contributed by atoms with Gasteiger partial charge in [-0.15, -0.1) is 0 Å². The van der Waals surface area contributed by atoms with Gasteiger partial charge in [0.1, 0.15) is 6.04 Å². The number of hydrogen-bond acceptors (Lipinski definition) is 6. The van der Waals surface area contributed by atoms with Crippen molar-refractivity contribution in [3.05, 3.63) is 17.0 Å². The van der Waals surface area contributed by atoms with E-state index in [0.717, 1.165) is 11.3 Å². The summed E-state index contributed by atoms with van der Waals surface area (Å²) in [5.41, 5.74) is 2.11. The lowest BCUT2D eigenvalue weighted by Crippen LogP contribution is -2.49. The Morgan fingerprint density at radius 3 is 2.61 bits per heavy atom. The molecule has 0 aliphatic carbocycles. The minimum absolute atomic E-state index is 0.137. The third kappa shape index (κ3) is 4.11. The second kappa shape index (κ2) is 8.59. The maximum Gasteiger partial charge on any atom is 0.328 e. The quantitative estimate of drug-likeness (QED) is 0.717. The summed E-state index contributed by atoms with van der Waals surface area (Å²) in [6.07, 6.45) is 0.594. The number of ether oxygens (including phenoxy) is 2. The van der Waals surface area contributed by atoms with Gasteiger partial charge in [-0.1, -0.05) is 0 Å². The molecular formula is C18H27N5O5. The van der Waals surface area contributed by atoms with Gasteiger partial charge in [-0.2, -0.15) is 5.10 Å². The van der Waals surface area contributed by atoms with Crippen LogP contribution < -0.4 is 5.32 Å². The molecule has 0 bridgehead atoms. The number of rotatable bonds is 4. The molecule has 2 aliphatic rings. The summed E-state index contributed by atoms with van der Waals surface area (Å²) in [4.78, 5) is 40.6. The fourth-order valence-corrected chi connectivity index (χ4v) is 3.46. The van der Waals surface area contributed by atoms with Crippen molar-refractivity contribution in [3.63, 3.8) is 0 Å². The number of morpholine rings is 1. The number of hydrogen-bond donors (Lipinski definition) is 1. The van der Waals surface area contributed by atoms with E-state index in [9.17, 15) is 14.4 Å². The van der Waals surface area contributed by atoms with E-state index >= 15 is 0 Å². The number of nitrogens with zero attached hydrogens (tertiary/aromatic N) is 4. The number of urea groups is 1. The Labute approximate surface area is 163 Å². The number of carbonyl (C=O) groups is 3. The van der Waals surface area contributed by atoms with Gasteiger partial charge in [-0.05, 0) is 13.8 Å². The SMILES string of the molecule is CCOC(=O)C(C)NC(=O)N1CCc2c(c(C(=O)N3CCOCC3)nn2C)C1. The summed E-state index contributed by atoms with van der Waals surface area (Å²) < 4.78 is 12.0. The lowest BCUT2D eigenvalue weighted by atomic mass is 10.0. The van der Waals surface area contributed by atoms with Crippen LogP contribution in [0, 0.1) is 0 Å². The molecule has 3 amide bonds. The molecule has 3 heterocycles. The first-order valence-electron chi connectivity index (χ1n) is 9.56. The van der Waals surface area contributed by atoms with Crippen molar-refractivity contribution >= 4 is 17.9 Å². The third-order valence-corrected chi connectivity index (χ3v) is 5.01. The first kappa shape index (κ1) is 20.1. The van der Waals surface area contributed by atoms with Crippen LogP contribution in [-0.4, -0.2) is 83.0 Å². The van der Waals surface area contributed by atoms with E-state index in [1.54, 1.807) is 28.3 Å². The zero-order chi connectivity index (χ0) is 20.3. The Hall–Kier alpha value is -2.62. The Balaban J connectivity index is 1.72. The first-order chi connectivity index (χ1) is 13.4. The van der Waals surface area contributed by atoms with Gasteiger partial charge in [0.2, 0.25) is 0 Å². The van der Waals surface area contributed by atoms with Gasteiger partial charge in [0.25, 0.3) is 5.91 Å². The Bertz CT molecular complexity index is 756. The zero-order valence-electron chi connectivity index (χ0n) is 16.6. The standard InChI is InChI=1S/C18H27N5O5/c1-4-28-17(25)12(2)19-18(26)23-6-5-14-13(11-23)15(20-21(14)3)16(24)22-7-9-27-10-8-22/h12H,4-11H2,1-3H3,(H,19,26). The van der Waals surface area contributed by atoms with E-state index in [4.69, 9.17) is 9.47 Å². The molecule has 1 N–H and O–H groups in total. The smallest absolute Gasteiger partial charge is 0.328 e. The second-order valence-electron chi connectivity index (χ2n) is 6.90. The van der Waals surface area contributed by atoms with Gasteiger partial charge in [0, 0.05) is 44.4 Å². The summed E-state index contributed by atoms with van der Waals surface area (Å²) in [5, 5.41) is 7.08. The molecule has 28 heavy (non-hydrogen) atoms. The summed E-state index contributed by atoms with van der Waals surface area (Å²) in [6, 6.07) is -1.10. The third-order valence-electron chi connectivity index (χ3n) is 5.01. The molecule has 0 spiro atoms. The van der Waals surface area contributed by atoms with Crippen molar-refractivity contribution in [1.29, 1.82) is 0 Å². The molecule has 1 aromatic heterocycles. The average Bonchev–Trinajstić information content (AvgIpc) is 3.04. The summed E-state index contributed by atoms with van der Waals surface area (Å²) >= 11 is 0. The number of amides is 3. The highest BCUT2D eigenvalue weighted by atomic mass is 16.5.